The van der Waals surface area contributed by atoms with E-state index in [-0.39, 0.29) is 10.6 Å². The van der Waals surface area contributed by atoms with Gasteiger partial charge in [-0.25, -0.2) is 5.43 Å². The van der Waals surface area contributed by atoms with Crippen LogP contribution in [-0.4, -0.2) is 23.4 Å². The number of rotatable bonds is 4. The molecule has 7 nitrogen and oxygen atoms in total. The Hall–Kier alpha value is -2.90. The second-order valence-corrected chi connectivity index (χ2v) is 6.01. The van der Waals surface area contributed by atoms with Crippen LogP contribution in [0.25, 0.3) is 0 Å². The van der Waals surface area contributed by atoms with Gasteiger partial charge < -0.3 is 11.1 Å². The molecular formula is C17H14Cl2N4O3. The fourth-order valence-electron chi connectivity index (χ4n) is 1.95. The van der Waals surface area contributed by atoms with Crippen molar-refractivity contribution < 1.29 is 14.4 Å². The Balaban J connectivity index is 2.16. The first kappa shape index (κ1) is 19.4. The summed E-state index contributed by atoms with van der Waals surface area (Å²) in [6.45, 7) is 1.62. The maximum Gasteiger partial charge on any atom is 0.329 e. The molecule has 0 fully saturated rings. The average Bonchev–Trinajstić information content (AvgIpc) is 2.59. The van der Waals surface area contributed by atoms with Gasteiger partial charge in [0.25, 0.3) is 5.91 Å². The summed E-state index contributed by atoms with van der Waals surface area (Å²) in [5.41, 5.74) is 8.68. The summed E-state index contributed by atoms with van der Waals surface area (Å²) >= 11 is 11.8. The minimum atomic E-state index is -1.14. The summed E-state index contributed by atoms with van der Waals surface area (Å²) in [4.78, 5) is 34.2. The zero-order valence-electron chi connectivity index (χ0n) is 13.5. The summed E-state index contributed by atoms with van der Waals surface area (Å²) in [7, 11) is 0. The quantitative estimate of drug-likeness (QED) is 0.421. The SMILES string of the molecule is C/C(=N/NC(=O)C(N)=O)c1cccc(NC(=O)c2ccc(Cl)cc2Cl)c1. The zero-order valence-corrected chi connectivity index (χ0v) is 15.1. The summed E-state index contributed by atoms with van der Waals surface area (Å²) < 4.78 is 0. The molecule has 2 rings (SSSR count). The first-order chi connectivity index (χ1) is 12.3. The molecule has 9 heteroatoms. The standard InChI is InChI=1S/C17H14Cl2N4O3/c1-9(22-23-17(26)15(20)24)10-3-2-4-12(7-10)21-16(25)13-6-5-11(18)8-14(13)19/h2-8H,1H3,(H2,20,24)(H,21,25)(H,23,26)/b22-9-. The van der Waals surface area contributed by atoms with Crippen molar-refractivity contribution in [3.8, 4) is 0 Å². The predicted molar refractivity (Wildman–Crippen MR) is 100 cm³/mol. The van der Waals surface area contributed by atoms with Crippen LogP contribution >= 0.6 is 23.2 Å². The van der Waals surface area contributed by atoms with Crippen LogP contribution in [0.2, 0.25) is 10.0 Å². The van der Waals surface area contributed by atoms with E-state index in [1.54, 1.807) is 37.3 Å². The lowest BCUT2D eigenvalue weighted by molar-refractivity contribution is -0.137. The summed E-state index contributed by atoms with van der Waals surface area (Å²) in [5, 5.41) is 7.16. The second-order valence-electron chi connectivity index (χ2n) is 5.16. The lowest BCUT2D eigenvalue weighted by atomic mass is 10.1. The molecule has 0 aromatic heterocycles. The Morgan fingerprint density at radius 2 is 1.81 bits per heavy atom. The number of hydrogen-bond acceptors (Lipinski definition) is 4. The molecule has 3 amide bonds. The molecule has 0 unspecified atom stereocenters. The molecule has 4 N–H and O–H groups in total. The van der Waals surface area contributed by atoms with E-state index in [9.17, 15) is 14.4 Å². The Bertz CT molecular complexity index is 913. The highest BCUT2D eigenvalue weighted by molar-refractivity contribution is 6.37. The number of nitrogens with one attached hydrogen (secondary N) is 2. The van der Waals surface area contributed by atoms with E-state index >= 15 is 0 Å². The number of carbonyl (C=O) groups excluding carboxylic acids is 3. The van der Waals surface area contributed by atoms with E-state index in [4.69, 9.17) is 28.9 Å². The van der Waals surface area contributed by atoms with Crippen molar-refractivity contribution in [3.05, 3.63) is 63.6 Å². The van der Waals surface area contributed by atoms with Gasteiger partial charge in [-0.2, -0.15) is 5.10 Å². The lowest BCUT2D eigenvalue weighted by Crippen LogP contribution is -2.33. The normalized spacial score (nSPS) is 11.0. The molecule has 0 aliphatic heterocycles. The molecule has 0 radical (unpaired) electrons. The average molecular weight is 393 g/mol. The maximum absolute atomic E-state index is 12.3. The molecule has 0 saturated carbocycles. The van der Waals surface area contributed by atoms with Crippen LogP contribution in [0.5, 0.6) is 0 Å². The Morgan fingerprint density at radius 1 is 1.08 bits per heavy atom. The van der Waals surface area contributed by atoms with Crippen LogP contribution in [0.4, 0.5) is 5.69 Å². The van der Waals surface area contributed by atoms with Crippen molar-refractivity contribution in [2.24, 2.45) is 10.8 Å². The molecule has 2 aromatic rings. The molecule has 2 aromatic carbocycles. The van der Waals surface area contributed by atoms with Crippen LogP contribution in [0.3, 0.4) is 0 Å². The number of amides is 3. The number of primary amides is 1. The van der Waals surface area contributed by atoms with Gasteiger partial charge in [0.05, 0.1) is 16.3 Å². The Labute approximate surface area is 159 Å². The fourth-order valence-corrected chi connectivity index (χ4v) is 2.44. The molecule has 0 bridgehead atoms. The molecule has 134 valence electrons. The number of hydrogen-bond donors (Lipinski definition) is 3. The third-order valence-corrected chi connectivity index (χ3v) is 3.81. The van der Waals surface area contributed by atoms with Gasteiger partial charge in [-0.05, 0) is 42.8 Å². The molecule has 0 aliphatic rings. The second kappa shape index (κ2) is 8.46. The molecule has 0 spiro atoms. The van der Waals surface area contributed by atoms with Crippen molar-refractivity contribution in [2.75, 3.05) is 5.32 Å². The van der Waals surface area contributed by atoms with Crippen LogP contribution in [-0.2, 0) is 9.59 Å². The van der Waals surface area contributed by atoms with Gasteiger partial charge in [-0.15, -0.1) is 0 Å². The monoisotopic (exact) mass is 392 g/mol. The van der Waals surface area contributed by atoms with E-state index in [1.807, 2.05) is 5.43 Å². The zero-order chi connectivity index (χ0) is 19.3. The number of nitrogens with two attached hydrogens (primary N) is 1. The molecular weight excluding hydrogens is 379 g/mol. The molecule has 26 heavy (non-hydrogen) atoms. The number of anilines is 1. The van der Waals surface area contributed by atoms with Gasteiger partial charge in [0.1, 0.15) is 0 Å². The van der Waals surface area contributed by atoms with E-state index in [0.29, 0.717) is 22.0 Å². The predicted octanol–water partition coefficient (Wildman–Crippen LogP) is 2.57. The van der Waals surface area contributed by atoms with Crippen molar-refractivity contribution in [1.82, 2.24) is 5.43 Å². The van der Waals surface area contributed by atoms with Crippen LogP contribution in [0, 0.1) is 0 Å². The van der Waals surface area contributed by atoms with E-state index in [1.165, 1.54) is 12.1 Å². The highest BCUT2D eigenvalue weighted by Gasteiger charge is 2.12. The van der Waals surface area contributed by atoms with Gasteiger partial charge in [-0.3, -0.25) is 14.4 Å². The van der Waals surface area contributed by atoms with Crippen molar-refractivity contribution >= 4 is 52.3 Å². The van der Waals surface area contributed by atoms with Gasteiger partial charge >= 0.3 is 11.8 Å². The first-order valence-corrected chi connectivity index (χ1v) is 8.04. The van der Waals surface area contributed by atoms with Crippen LogP contribution < -0.4 is 16.5 Å². The fraction of sp³-hybridized carbons (Fsp3) is 0.0588. The van der Waals surface area contributed by atoms with E-state index < -0.39 is 17.7 Å². The third kappa shape index (κ3) is 5.05. The van der Waals surface area contributed by atoms with Crippen LogP contribution in [0.15, 0.2) is 47.6 Å². The smallest absolute Gasteiger partial charge is 0.329 e. The number of nitrogens with zero attached hydrogens (tertiary/aromatic N) is 1. The Kier molecular flexibility index (Phi) is 6.32. The highest BCUT2D eigenvalue weighted by Crippen LogP contribution is 2.22. The van der Waals surface area contributed by atoms with Crippen molar-refractivity contribution in [2.45, 2.75) is 6.92 Å². The number of hydrazone groups is 1. The molecule has 0 atom stereocenters. The lowest BCUT2D eigenvalue weighted by Gasteiger charge is -2.09. The minimum Gasteiger partial charge on any atom is -0.361 e. The first-order valence-electron chi connectivity index (χ1n) is 7.29. The van der Waals surface area contributed by atoms with Crippen LogP contribution in [0.1, 0.15) is 22.8 Å². The summed E-state index contributed by atoms with van der Waals surface area (Å²) in [5.74, 6) is -2.56. The molecule has 0 aliphatic carbocycles. The number of benzene rings is 2. The molecule has 0 saturated heterocycles. The third-order valence-electron chi connectivity index (χ3n) is 3.26. The van der Waals surface area contributed by atoms with Gasteiger partial charge in [0, 0.05) is 10.7 Å². The Morgan fingerprint density at radius 3 is 2.46 bits per heavy atom. The summed E-state index contributed by atoms with van der Waals surface area (Å²) in [6, 6.07) is 11.3. The summed E-state index contributed by atoms with van der Waals surface area (Å²) in [6.07, 6.45) is 0. The largest absolute Gasteiger partial charge is 0.361 e. The topological polar surface area (TPSA) is 114 Å². The van der Waals surface area contributed by atoms with Gasteiger partial charge in [0.2, 0.25) is 0 Å². The van der Waals surface area contributed by atoms with E-state index in [0.717, 1.165) is 0 Å². The van der Waals surface area contributed by atoms with Gasteiger partial charge in [0.15, 0.2) is 0 Å². The number of halogens is 2. The molecule has 0 heterocycles. The maximum atomic E-state index is 12.3. The minimum absolute atomic E-state index is 0.234. The van der Waals surface area contributed by atoms with Crippen molar-refractivity contribution in [1.29, 1.82) is 0 Å². The van der Waals surface area contributed by atoms with E-state index in [2.05, 4.69) is 10.4 Å². The van der Waals surface area contributed by atoms with Gasteiger partial charge in [-0.1, -0.05) is 35.3 Å². The highest BCUT2D eigenvalue weighted by atomic mass is 35.5. The number of carbonyl (C=O) groups is 3. The van der Waals surface area contributed by atoms with Crippen molar-refractivity contribution in [3.63, 3.8) is 0 Å².